The van der Waals surface area contributed by atoms with Crippen LogP contribution >= 0.6 is 11.6 Å². The molecule has 0 bridgehead atoms. The number of benzene rings is 1. The lowest BCUT2D eigenvalue weighted by Crippen LogP contribution is -2.46. The Morgan fingerprint density at radius 2 is 1.93 bits per heavy atom. The van der Waals surface area contributed by atoms with Crippen molar-refractivity contribution in [2.45, 2.75) is 56.6 Å². The summed E-state index contributed by atoms with van der Waals surface area (Å²) in [5.74, 6) is -0.826. The molecule has 0 spiro atoms. The van der Waals surface area contributed by atoms with Gasteiger partial charge in [-0.3, -0.25) is 9.63 Å². The van der Waals surface area contributed by atoms with E-state index in [1.807, 2.05) is 0 Å². The molecule has 1 aromatic rings. The summed E-state index contributed by atoms with van der Waals surface area (Å²) in [5, 5.41) is 2.87. The number of hydrogen-bond acceptors (Lipinski definition) is 6. The summed E-state index contributed by atoms with van der Waals surface area (Å²) in [6.07, 6.45) is 3.14. The molecule has 1 aromatic carbocycles. The highest BCUT2D eigenvalue weighted by Crippen LogP contribution is 2.26. The third kappa shape index (κ3) is 5.69. The second kappa shape index (κ2) is 9.88. The van der Waals surface area contributed by atoms with Crippen LogP contribution in [-0.2, 0) is 24.4 Å². The Morgan fingerprint density at radius 1 is 1.28 bits per heavy atom. The molecule has 0 aromatic heterocycles. The summed E-state index contributed by atoms with van der Waals surface area (Å²) < 4.78 is 30.7. The number of carbonyl (C=O) groups is 2. The van der Waals surface area contributed by atoms with Crippen LogP contribution in [0, 0.1) is 5.92 Å². The molecule has 3 unspecified atom stereocenters. The number of nitrogens with one attached hydrogen (secondary N) is 1. The number of hydroxylamine groups is 1. The normalized spacial score (nSPS) is 20.9. The van der Waals surface area contributed by atoms with Crippen molar-refractivity contribution in [3.63, 3.8) is 0 Å². The standard InChI is InChI=1S/C19H27ClN2O6S/c1-12-7-5-6-8-16(12)21-18(23)13(2)28-19(24)14-9-10-15(20)17(11-14)29(25,26)22(3)27-4/h9-13,16H,5-8H2,1-4H3,(H,21,23). The van der Waals surface area contributed by atoms with Crippen molar-refractivity contribution in [2.75, 3.05) is 14.2 Å². The topological polar surface area (TPSA) is 102 Å². The monoisotopic (exact) mass is 446 g/mol. The second-order valence-corrected chi connectivity index (χ2v) is 9.48. The molecule has 29 heavy (non-hydrogen) atoms. The van der Waals surface area contributed by atoms with Gasteiger partial charge in [-0.2, -0.15) is 0 Å². The Balaban J connectivity index is 2.10. The minimum absolute atomic E-state index is 0.0387. The molecule has 1 fully saturated rings. The third-order valence-electron chi connectivity index (χ3n) is 5.13. The molecule has 162 valence electrons. The zero-order valence-corrected chi connectivity index (χ0v) is 18.5. The first-order valence-corrected chi connectivity index (χ1v) is 11.2. The smallest absolute Gasteiger partial charge is 0.338 e. The largest absolute Gasteiger partial charge is 0.449 e. The van der Waals surface area contributed by atoms with Crippen molar-refractivity contribution in [2.24, 2.45) is 5.92 Å². The van der Waals surface area contributed by atoms with Crippen molar-refractivity contribution in [1.82, 2.24) is 9.79 Å². The van der Waals surface area contributed by atoms with Gasteiger partial charge in [0.25, 0.3) is 15.9 Å². The molecular weight excluding hydrogens is 420 g/mol. The summed E-state index contributed by atoms with van der Waals surface area (Å²) in [6.45, 7) is 3.57. The lowest BCUT2D eigenvalue weighted by molar-refractivity contribution is -0.130. The molecule has 2 rings (SSSR count). The van der Waals surface area contributed by atoms with Gasteiger partial charge in [-0.1, -0.05) is 35.8 Å². The molecule has 1 amide bonds. The first-order chi connectivity index (χ1) is 13.6. The second-order valence-electron chi connectivity index (χ2n) is 7.17. The predicted molar refractivity (Wildman–Crippen MR) is 108 cm³/mol. The third-order valence-corrected chi connectivity index (χ3v) is 7.29. The van der Waals surface area contributed by atoms with Gasteiger partial charge < -0.3 is 10.1 Å². The van der Waals surface area contributed by atoms with E-state index in [1.54, 1.807) is 0 Å². The van der Waals surface area contributed by atoms with Gasteiger partial charge in [-0.15, -0.1) is 0 Å². The van der Waals surface area contributed by atoms with Crippen LogP contribution in [0.3, 0.4) is 0 Å². The number of amides is 1. The number of nitrogens with zero attached hydrogens (tertiary/aromatic N) is 1. The molecule has 0 heterocycles. The number of halogens is 1. The fourth-order valence-electron chi connectivity index (χ4n) is 3.18. The van der Waals surface area contributed by atoms with Crippen LogP contribution in [0.1, 0.15) is 49.9 Å². The average molecular weight is 447 g/mol. The highest BCUT2D eigenvalue weighted by atomic mass is 35.5. The van der Waals surface area contributed by atoms with E-state index in [0.717, 1.165) is 31.7 Å². The van der Waals surface area contributed by atoms with Crippen molar-refractivity contribution < 1.29 is 27.6 Å². The zero-order valence-electron chi connectivity index (χ0n) is 17.0. The number of ether oxygens (including phenoxy) is 1. The number of hydrogen-bond donors (Lipinski definition) is 1. The average Bonchev–Trinajstić information content (AvgIpc) is 2.68. The minimum atomic E-state index is -4.05. The number of rotatable bonds is 7. The summed E-state index contributed by atoms with van der Waals surface area (Å²) in [7, 11) is -1.66. The van der Waals surface area contributed by atoms with Crippen LogP contribution in [0.15, 0.2) is 23.1 Å². The molecule has 10 heteroatoms. The van der Waals surface area contributed by atoms with Gasteiger partial charge >= 0.3 is 5.97 Å². The van der Waals surface area contributed by atoms with Crippen LogP contribution < -0.4 is 5.32 Å². The molecular formula is C19H27ClN2O6S. The lowest BCUT2D eigenvalue weighted by Gasteiger charge is -2.30. The van der Waals surface area contributed by atoms with Gasteiger partial charge in [0.05, 0.1) is 17.7 Å². The molecule has 0 radical (unpaired) electrons. The van der Waals surface area contributed by atoms with Crippen LogP contribution in [0.2, 0.25) is 5.02 Å². The Morgan fingerprint density at radius 3 is 2.55 bits per heavy atom. The highest BCUT2D eigenvalue weighted by Gasteiger charge is 2.28. The first-order valence-electron chi connectivity index (χ1n) is 9.42. The van der Waals surface area contributed by atoms with Crippen molar-refractivity contribution in [1.29, 1.82) is 0 Å². The van der Waals surface area contributed by atoms with Gasteiger partial charge in [0, 0.05) is 13.1 Å². The molecule has 1 aliphatic carbocycles. The summed E-state index contributed by atoms with van der Waals surface area (Å²) in [5.41, 5.74) is -0.0387. The lowest BCUT2D eigenvalue weighted by atomic mass is 9.86. The van der Waals surface area contributed by atoms with E-state index in [-0.39, 0.29) is 27.4 Å². The first kappa shape index (κ1) is 23.6. The van der Waals surface area contributed by atoms with E-state index >= 15 is 0 Å². The summed E-state index contributed by atoms with van der Waals surface area (Å²) in [4.78, 5) is 29.3. The van der Waals surface area contributed by atoms with E-state index < -0.39 is 22.1 Å². The molecule has 3 atom stereocenters. The highest BCUT2D eigenvalue weighted by molar-refractivity contribution is 7.89. The maximum absolute atomic E-state index is 12.5. The molecule has 0 aliphatic heterocycles. The van der Waals surface area contributed by atoms with E-state index in [4.69, 9.17) is 21.2 Å². The van der Waals surface area contributed by atoms with Crippen LogP contribution in [-0.4, -0.2) is 51.1 Å². The predicted octanol–water partition coefficient (Wildman–Crippen LogP) is 2.76. The molecule has 8 nitrogen and oxygen atoms in total. The molecule has 1 saturated carbocycles. The fourth-order valence-corrected chi connectivity index (χ4v) is 4.65. The van der Waals surface area contributed by atoms with E-state index in [0.29, 0.717) is 10.4 Å². The molecule has 0 saturated heterocycles. The molecule has 1 N–H and O–H groups in total. The van der Waals surface area contributed by atoms with Gasteiger partial charge in [-0.25, -0.2) is 13.2 Å². The van der Waals surface area contributed by atoms with Gasteiger partial charge in [-0.05, 0) is 43.9 Å². The Kier molecular flexibility index (Phi) is 8.04. The van der Waals surface area contributed by atoms with Crippen molar-refractivity contribution in [3.05, 3.63) is 28.8 Å². The maximum Gasteiger partial charge on any atom is 0.338 e. The van der Waals surface area contributed by atoms with Crippen LogP contribution in [0.25, 0.3) is 0 Å². The summed E-state index contributed by atoms with van der Waals surface area (Å²) in [6, 6.07) is 3.78. The van der Waals surface area contributed by atoms with Gasteiger partial charge in [0.2, 0.25) is 0 Å². The Bertz CT molecular complexity index is 860. The van der Waals surface area contributed by atoms with E-state index in [2.05, 4.69) is 12.2 Å². The van der Waals surface area contributed by atoms with Crippen LogP contribution in [0.4, 0.5) is 0 Å². The number of sulfonamides is 1. The van der Waals surface area contributed by atoms with Crippen LogP contribution in [0.5, 0.6) is 0 Å². The minimum Gasteiger partial charge on any atom is -0.449 e. The fraction of sp³-hybridized carbons (Fsp3) is 0.579. The van der Waals surface area contributed by atoms with E-state index in [1.165, 1.54) is 33.2 Å². The SMILES string of the molecule is CON(C)S(=O)(=O)c1cc(C(=O)OC(C)C(=O)NC2CCCCC2C)ccc1Cl. The quantitative estimate of drug-likeness (QED) is 0.510. The van der Waals surface area contributed by atoms with Crippen molar-refractivity contribution >= 4 is 33.5 Å². The number of esters is 1. The van der Waals surface area contributed by atoms with Gasteiger partial charge in [0.1, 0.15) is 4.90 Å². The Hall–Kier alpha value is -1.68. The number of carbonyl (C=O) groups excluding carboxylic acids is 2. The Labute approximate surface area is 176 Å². The molecule has 1 aliphatic rings. The van der Waals surface area contributed by atoms with Gasteiger partial charge in [0.15, 0.2) is 6.10 Å². The summed E-state index contributed by atoms with van der Waals surface area (Å²) >= 11 is 5.99. The zero-order chi connectivity index (χ0) is 21.8. The van der Waals surface area contributed by atoms with Crippen molar-refractivity contribution in [3.8, 4) is 0 Å². The maximum atomic E-state index is 12.5. The van der Waals surface area contributed by atoms with E-state index in [9.17, 15) is 18.0 Å².